The summed E-state index contributed by atoms with van der Waals surface area (Å²) in [4.78, 5) is 15.4. The van der Waals surface area contributed by atoms with E-state index in [0.717, 1.165) is 22.6 Å². The summed E-state index contributed by atoms with van der Waals surface area (Å²) in [7, 11) is -3.75. The lowest BCUT2D eigenvalue weighted by molar-refractivity contribution is 0.0956. The number of sulfonamides is 1. The summed E-state index contributed by atoms with van der Waals surface area (Å²) in [6.45, 7) is 0.216. The Bertz CT molecular complexity index is 1230. The monoisotopic (exact) mass is 401 g/mol. The lowest BCUT2D eigenvalue weighted by Crippen LogP contribution is -2.34. The van der Waals surface area contributed by atoms with Gasteiger partial charge in [-0.25, -0.2) is 13.1 Å². The van der Waals surface area contributed by atoms with Gasteiger partial charge in [0.05, 0.1) is 17.3 Å². The third kappa shape index (κ3) is 3.42. The van der Waals surface area contributed by atoms with Gasteiger partial charge < -0.3 is 10.3 Å². The molecule has 0 unspecified atom stereocenters. The maximum Gasteiger partial charge on any atom is 0.253 e. The second-order valence-corrected chi connectivity index (χ2v) is 8.05. The van der Waals surface area contributed by atoms with E-state index in [4.69, 9.17) is 0 Å². The maximum absolute atomic E-state index is 12.5. The Kier molecular flexibility index (Phi) is 4.60. The number of nitrogens with one attached hydrogen (secondary N) is 3. The number of aromatic amines is 1. The minimum absolute atomic E-state index is 0.0599. The highest BCUT2D eigenvalue weighted by Crippen LogP contribution is 2.20. The number of nitrogens with zero attached hydrogens (tertiary/aromatic N) is 2. The van der Waals surface area contributed by atoms with Gasteiger partial charge in [-0.2, -0.15) is 8.75 Å². The smallest absolute Gasteiger partial charge is 0.253 e. The van der Waals surface area contributed by atoms with E-state index in [0.29, 0.717) is 16.6 Å². The Balaban J connectivity index is 1.39. The van der Waals surface area contributed by atoms with Crippen LogP contribution in [0.25, 0.3) is 21.9 Å². The fourth-order valence-electron chi connectivity index (χ4n) is 2.79. The van der Waals surface area contributed by atoms with Crippen LogP contribution in [0.5, 0.6) is 0 Å². The first-order chi connectivity index (χ1) is 13.1. The van der Waals surface area contributed by atoms with E-state index in [9.17, 15) is 13.2 Å². The molecule has 0 aliphatic rings. The molecule has 0 spiro atoms. The number of carbonyl (C=O) groups excluding carboxylic acids is 1. The molecular formula is C17H15N5O3S2. The zero-order valence-electron chi connectivity index (χ0n) is 14.0. The van der Waals surface area contributed by atoms with E-state index in [-0.39, 0.29) is 23.9 Å². The second kappa shape index (κ2) is 7.06. The van der Waals surface area contributed by atoms with E-state index < -0.39 is 10.0 Å². The van der Waals surface area contributed by atoms with E-state index in [1.165, 1.54) is 6.07 Å². The summed E-state index contributed by atoms with van der Waals surface area (Å²) in [5.41, 5.74) is 2.27. The molecule has 0 fully saturated rings. The highest BCUT2D eigenvalue weighted by molar-refractivity contribution is 7.89. The lowest BCUT2D eigenvalue weighted by atomic mass is 10.1. The molecule has 10 heteroatoms. The normalized spacial score (nSPS) is 11.9. The van der Waals surface area contributed by atoms with Crippen LogP contribution in [-0.2, 0) is 10.0 Å². The number of carbonyl (C=O) groups is 1. The van der Waals surface area contributed by atoms with Crippen molar-refractivity contribution in [2.45, 2.75) is 4.90 Å². The standard InChI is InChI=1S/C17H15N5O3S2/c23-17(12-10-19-13-5-2-1-4-11(12)13)18-8-9-20-27(24,25)15-7-3-6-14-16(15)22-26-21-14/h1-7,10,19-20H,8-9H2,(H,18,23). The summed E-state index contributed by atoms with van der Waals surface area (Å²) >= 11 is 0.963. The number of amides is 1. The van der Waals surface area contributed by atoms with Gasteiger partial charge in [0.1, 0.15) is 15.9 Å². The number of para-hydroxylation sites is 1. The van der Waals surface area contributed by atoms with Crippen molar-refractivity contribution < 1.29 is 13.2 Å². The van der Waals surface area contributed by atoms with Gasteiger partial charge in [0.15, 0.2) is 0 Å². The third-order valence-electron chi connectivity index (χ3n) is 4.08. The topological polar surface area (TPSA) is 117 Å². The Hall–Kier alpha value is -2.82. The van der Waals surface area contributed by atoms with Crippen molar-refractivity contribution in [2.24, 2.45) is 0 Å². The predicted molar refractivity (Wildman–Crippen MR) is 103 cm³/mol. The average Bonchev–Trinajstić information content (AvgIpc) is 3.31. The van der Waals surface area contributed by atoms with Gasteiger partial charge in [-0.1, -0.05) is 24.3 Å². The van der Waals surface area contributed by atoms with Crippen molar-refractivity contribution in [3.05, 3.63) is 54.2 Å². The van der Waals surface area contributed by atoms with Crippen molar-refractivity contribution in [3.8, 4) is 0 Å². The van der Waals surface area contributed by atoms with Crippen LogP contribution in [0.2, 0.25) is 0 Å². The van der Waals surface area contributed by atoms with Gasteiger partial charge in [-0.15, -0.1) is 0 Å². The summed E-state index contributed by atoms with van der Waals surface area (Å²) < 4.78 is 35.6. The van der Waals surface area contributed by atoms with Gasteiger partial charge in [0.2, 0.25) is 10.0 Å². The molecule has 0 bridgehead atoms. The molecule has 0 aliphatic carbocycles. The summed E-state index contributed by atoms with van der Waals surface area (Å²) in [6.07, 6.45) is 1.64. The minimum atomic E-state index is -3.75. The first kappa shape index (κ1) is 17.6. The number of benzene rings is 2. The molecule has 1 amide bonds. The zero-order valence-corrected chi connectivity index (χ0v) is 15.6. The van der Waals surface area contributed by atoms with Crippen LogP contribution in [0.15, 0.2) is 53.6 Å². The molecule has 4 rings (SSSR count). The van der Waals surface area contributed by atoms with Crippen molar-refractivity contribution in [2.75, 3.05) is 13.1 Å². The predicted octanol–water partition coefficient (Wildman–Crippen LogP) is 1.88. The van der Waals surface area contributed by atoms with Crippen LogP contribution < -0.4 is 10.0 Å². The van der Waals surface area contributed by atoms with Crippen LogP contribution in [0, 0.1) is 0 Å². The van der Waals surface area contributed by atoms with E-state index >= 15 is 0 Å². The van der Waals surface area contributed by atoms with Crippen molar-refractivity contribution >= 4 is 49.6 Å². The molecule has 2 aromatic carbocycles. The second-order valence-electron chi connectivity index (χ2n) is 5.79. The fraction of sp³-hybridized carbons (Fsp3) is 0.118. The number of hydrogen-bond acceptors (Lipinski definition) is 6. The molecule has 3 N–H and O–H groups in total. The number of rotatable bonds is 6. The quantitative estimate of drug-likeness (QED) is 0.427. The van der Waals surface area contributed by atoms with Crippen LogP contribution in [0.3, 0.4) is 0 Å². The number of aromatic nitrogens is 3. The van der Waals surface area contributed by atoms with Crippen LogP contribution >= 0.6 is 11.7 Å². The number of fused-ring (bicyclic) bond motifs is 2. The number of H-pyrrole nitrogens is 1. The SMILES string of the molecule is O=C(NCCNS(=O)(=O)c1cccc2nsnc12)c1c[nH]c2ccccc12. The first-order valence-corrected chi connectivity index (χ1v) is 10.3. The Morgan fingerprint density at radius 2 is 1.93 bits per heavy atom. The molecule has 0 radical (unpaired) electrons. The van der Waals surface area contributed by atoms with E-state index in [2.05, 4.69) is 23.8 Å². The Morgan fingerprint density at radius 3 is 2.81 bits per heavy atom. The minimum Gasteiger partial charge on any atom is -0.360 e. The summed E-state index contributed by atoms with van der Waals surface area (Å²) in [6, 6.07) is 12.3. The number of hydrogen-bond donors (Lipinski definition) is 3. The van der Waals surface area contributed by atoms with Crippen LogP contribution in [-0.4, -0.2) is 41.1 Å². The summed E-state index contributed by atoms with van der Waals surface area (Å²) in [5.74, 6) is -0.266. The Labute approximate surface area is 159 Å². The van der Waals surface area contributed by atoms with Gasteiger partial charge >= 0.3 is 0 Å². The molecule has 0 atom stereocenters. The molecule has 0 saturated heterocycles. The molecule has 2 aromatic heterocycles. The highest BCUT2D eigenvalue weighted by atomic mass is 32.2. The molecule has 2 heterocycles. The third-order valence-corrected chi connectivity index (χ3v) is 6.11. The lowest BCUT2D eigenvalue weighted by Gasteiger charge is -2.08. The van der Waals surface area contributed by atoms with Gasteiger partial charge in [0, 0.05) is 30.2 Å². The van der Waals surface area contributed by atoms with Crippen LogP contribution in [0.1, 0.15) is 10.4 Å². The van der Waals surface area contributed by atoms with Gasteiger partial charge in [-0.05, 0) is 18.2 Å². The maximum atomic E-state index is 12.5. The first-order valence-electron chi connectivity index (χ1n) is 8.11. The molecular weight excluding hydrogens is 386 g/mol. The molecule has 0 saturated carbocycles. The molecule has 4 aromatic rings. The van der Waals surface area contributed by atoms with Crippen molar-refractivity contribution in [1.82, 2.24) is 23.8 Å². The average molecular weight is 401 g/mol. The zero-order chi connectivity index (χ0) is 18.9. The molecule has 0 aliphatic heterocycles. The largest absolute Gasteiger partial charge is 0.360 e. The highest BCUT2D eigenvalue weighted by Gasteiger charge is 2.19. The van der Waals surface area contributed by atoms with Gasteiger partial charge in [-0.3, -0.25) is 4.79 Å². The molecule has 27 heavy (non-hydrogen) atoms. The van der Waals surface area contributed by atoms with E-state index in [1.807, 2.05) is 24.3 Å². The van der Waals surface area contributed by atoms with Crippen molar-refractivity contribution in [1.29, 1.82) is 0 Å². The van der Waals surface area contributed by atoms with Gasteiger partial charge in [0.25, 0.3) is 5.91 Å². The Morgan fingerprint density at radius 1 is 1.07 bits per heavy atom. The molecule has 8 nitrogen and oxygen atoms in total. The molecule has 138 valence electrons. The van der Waals surface area contributed by atoms with E-state index in [1.54, 1.807) is 18.3 Å². The fourth-order valence-corrected chi connectivity index (χ4v) is 4.59. The van der Waals surface area contributed by atoms with Crippen molar-refractivity contribution in [3.63, 3.8) is 0 Å². The van der Waals surface area contributed by atoms with Crippen LogP contribution in [0.4, 0.5) is 0 Å². The summed E-state index contributed by atoms with van der Waals surface area (Å²) in [5, 5.41) is 3.54.